The van der Waals surface area contributed by atoms with E-state index in [2.05, 4.69) is 15.4 Å². The van der Waals surface area contributed by atoms with Crippen LogP contribution in [0.15, 0.2) is 24.4 Å². The SMILES string of the molecule is C[C@H](C(=O)NC1CC1)N1Cc2ccc(-c3ccnn3C)nc2C1=O. The number of rotatable bonds is 4. The lowest BCUT2D eigenvalue weighted by atomic mass is 10.2. The minimum atomic E-state index is -0.493. The van der Waals surface area contributed by atoms with Gasteiger partial charge in [-0.1, -0.05) is 6.07 Å². The first-order valence-electron chi connectivity index (χ1n) is 8.14. The smallest absolute Gasteiger partial charge is 0.273 e. The summed E-state index contributed by atoms with van der Waals surface area (Å²) in [5.41, 5.74) is 2.85. The molecule has 1 fully saturated rings. The second-order valence-corrected chi connectivity index (χ2v) is 6.44. The number of hydrogen-bond donors (Lipinski definition) is 1. The average molecular weight is 325 g/mol. The van der Waals surface area contributed by atoms with Crippen molar-refractivity contribution in [3.8, 4) is 11.4 Å². The van der Waals surface area contributed by atoms with Gasteiger partial charge in [0.15, 0.2) is 0 Å². The Hall–Kier alpha value is -2.70. The number of amides is 2. The van der Waals surface area contributed by atoms with Crippen molar-refractivity contribution in [2.45, 2.75) is 38.4 Å². The van der Waals surface area contributed by atoms with E-state index in [1.807, 2.05) is 25.2 Å². The van der Waals surface area contributed by atoms with Crippen LogP contribution in [0, 0.1) is 0 Å². The molecule has 2 aromatic heterocycles. The standard InChI is InChI=1S/C17H19N5O2/c1-10(16(23)19-12-4-5-12)22-9-11-3-6-13(20-15(11)17(22)24)14-7-8-18-21(14)2/h3,6-8,10,12H,4-5,9H2,1-2H3,(H,19,23)/t10-/m1/s1. The predicted molar refractivity (Wildman–Crippen MR) is 86.9 cm³/mol. The largest absolute Gasteiger partial charge is 0.352 e. The van der Waals surface area contributed by atoms with Gasteiger partial charge in [-0.05, 0) is 31.9 Å². The number of nitrogens with one attached hydrogen (secondary N) is 1. The highest BCUT2D eigenvalue weighted by atomic mass is 16.2. The van der Waals surface area contributed by atoms with Crippen LogP contribution in [0.4, 0.5) is 0 Å². The minimum absolute atomic E-state index is 0.0921. The van der Waals surface area contributed by atoms with Gasteiger partial charge in [0.2, 0.25) is 5.91 Å². The third kappa shape index (κ3) is 2.46. The van der Waals surface area contributed by atoms with Crippen molar-refractivity contribution in [3.63, 3.8) is 0 Å². The van der Waals surface area contributed by atoms with E-state index in [0.717, 1.165) is 24.1 Å². The summed E-state index contributed by atoms with van der Waals surface area (Å²) >= 11 is 0. The summed E-state index contributed by atoms with van der Waals surface area (Å²) in [6, 6.07) is 5.45. The van der Waals surface area contributed by atoms with Gasteiger partial charge in [-0.15, -0.1) is 0 Å². The molecule has 0 spiro atoms. The first-order chi connectivity index (χ1) is 11.5. The van der Waals surface area contributed by atoms with E-state index in [1.54, 1.807) is 22.7 Å². The van der Waals surface area contributed by atoms with E-state index in [0.29, 0.717) is 17.9 Å². The molecule has 3 heterocycles. The van der Waals surface area contributed by atoms with Crippen molar-refractivity contribution >= 4 is 11.8 Å². The maximum atomic E-state index is 12.7. The topological polar surface area (TPSA) is 80.1 Å². The van der Waals surface area contributed by atoms with E-state index in [4.69, 9.17) is 0 Å². The summed E-state index contributed by atoms with van der Waals surface area (Å²) < 4.78 is 1.72. The van der Waals surface area contributed by atoms with Crippen LogP contribution in [0.3, 0.4) is 0 Å². The summed E-state index contributed by atoms with van der Waals surface area (Å²) in [7, 11) is 1.84. The average Bonchev–Trinajstić information content (AvgIpc) is 3.19. The van der Waals surface area contributed by atoms with Crippen LogP contribution in [0.5, 0.6) is 0 Å². The first kappa shape index (κ1) is 14.9. The fraction of sp³-hybridized carbons (Fsp3) is 0.412. The molecule has 2 aromatic rings. The molecule has 0 aromatic carbocycles. The van der Waals surface area contributed by atoms with Crippen molar-refractivity contribution in [2.75, 3.05) is 0 Å². The van der Waals surface area contributed by atoms with E-state index in [-0.39, 0.29) is 17.9 Å². The monoisotopic (exact) mass is 325 g/mol. The second-order valence-electron chi connectivity index (χ2n) is 6.44. The highest BCUT2D eigenvalue weighted by molar-refractivity contribution is 6.00. The fourth-order valence-electron chi connectivity index (χ4n) is 2.96. The number of nitrogens with zero attached hydrogens (tertiary/aromatic N) is 4. The van der Waals surface area contributed by atoms with Crippen LogP contribution in [0.2, 0.25) is 0 Å². The Morgan fingerprint density at radius 1 is 1.33 bits per heavy atom. The van der Waals surface area contributed by atoms with Gasteiger partial charge < -0.3 is 10.2 Å². The van der Waals surface area contributed by atoms with Crippen molar-refractivity contribution < 1.29 is 9.59 Å². The molecule has 0 bridgehead atoms. The summed E-state index contributed by atoms with van der Waals surface area (Å²) in [5.74, 6) is -0.280. The zero-order valence-corrected chi connectivity index (χ0v) is 13.7. The van der Waals surface area contributed by atoms with Crippen molar-refractivity contribution in [1.82, 2.24) is 25.0 Å². The Kier molecular flexibility index (Phi) is 3.37. The molecule has 1 aliphatic heterocycles. The lowest BCUT2D eigenvalue weighted by molar-refractivity contribution is -0.125. The predicted octanol–water partition coefficient (Wildman–Crippen LogP) is 1.10. The molecular weight excluding hydrogens is 306 g/mol. The summed E-state index contributed by atoms with van der Waals surface area (Å²) in [5, 5.41) is 7.09. The van der Waals surface area contributed by atoms with Gasteiger partial charge in [0.25, 0.3) is 5.91 Å². The van der Waals surface area contributed by atoms with Gasteiger partial charge in [0.05, 0.1) is 11.4 Å². The van der Waals surface area contributed by atoms with Crippen LogP contribution >= 0.6 is 0 Å². The third-order valence-corrected chi connectivity index (χ3v) is 4.64. The quantitative estimate of drug-likeness (QED) is 0.913. The normalized spacial score (nSPS) is 17.8. The molecule has 1 aliphatic carbocycles. The van der Waals surface area contributed by atoms with Crippen LogP contribution in [0.1, 0.15) is 35.8 Å². The molecule has 0 saturated heterocycles. The van der Waals surface area contributed by atoms with Crippen molar-refractivity contribution in [3.05, 3.63) is 35.7 Å². The highest BCUT2D eigenvalue weighted by Crippen LogP contribution is 2.27. The van der Waals surface area contributed by atoms with Crippen molar-refractivity contribution in [1.29, 1.82) is 0 Å². The molecule has 4 rings (SSSR count). The third-order valence-electron chi connectivity index (χ3n) is 4.64. The zero-order valence-electron chi connectivity index (χ0n) is 13.7. The second kappa shape index (κ2) is 5.43. The number of hydrogen-bond acceptors (Lipinski definition) is 4. The van der Waals surface area contributed by atoms with Gasteiger partial charge >= 0.3 is 0 Å². The number of aryl methyl sites for hydroxylation is 1. The van der Waals surface area contributed by atoms with E-state index >= 15 is 0 Å². The van der Waals surface area contributed by atoms with Crippen molar-refractivity contribution in [2.24, 2.45) is 7.05 Å². The van der Waals surface area contributed by atoms with Crippen LogP contribution in [-0.4, -0.2) is 43.6 Å². The molecule has 0 unspecified atom stereocenters. The molecule has 2 aliphatic rings. The van der Waals surface area contributed by atoms with Gasteiger partial charge in [-0.2, -0.15) is 5.10 Å². The van der Waals surface area contributed by atoms with Crippen LogP contribution in [-0.2, 0) is 18.4 Å². The number of carbonyl (C=O) groups excluding carboxylic acids is 2. The summed E-state index contributed by atoms with van der Waals surface area (Å²) in [6.07, 6.45) is 3.76. The van der Waals surface area contributed by atoms with Gasteiger partial charge in [-0.3, -0.25) is 14.3 Å². The maximum Gasteiger partial charge on any atom is 0.273 e. The molecule has 0 radical (unpaired) electrons. The number of fused-ring (bicyclic) bond motifs is 1. The Morgan fingerprint density at radius 2 is 2.12 bits per heavy atom. The summed E-state index contributed by atoms with van der Waals surface area (Å²) in [4.78, 5) is 31.1. The van der Waals surface area contributed by atoms with E-state index in [9.17, 15) is 9.59 Å². The number of aromatic nitrogens is 3. The maximum absolute atomic E-state index is 12.7. The molecule has 7 nitrogen and oxygen atoms in total. The van der Waals surface area contributed by atoms with Gasteiger partial charge in [0.1, 0.15) is 11.7 Å². The van der Waals surface area contributed by atoms with Crippen LogP contribution < -0.4 is 5.32 Å². The molecule has 124 valence electrons. The molecule has 7 heteroatoms. The molecule has 1 atom stereocenters. The lowest BCUT2D eigenvalue weighted by Gasteiger charge is -2.23. The zero-order chi connectivity index (χ0) is 16.8. The number of carbonyl (C=O) groups is 2. The molecule has 24 heavy (non-hydrogen) atoms. The van der Waals surface area contributed by atoms with Crippen LogP contribution in [0.25, 0.3) is 11.4 Å². The Morgan fingerprint density at radius 3 is 2.79 bits per heavy atom. The first-order valence-corrected chi connectivity index (χ1v) is 8.14. The molecule has 2 amide bonds. The van der Waals surface area contributed by atoms with Gasteiger partial charge in [0, 0.05) is 31.4 Å². The summed E-state index contributed by atoms with van der Waals surface area (Å²) in [6.45, 7) is 2.19. The Labute approximate surface area is 139 Å². The lowest BCUT2D eigenvalue weighted by Crippen LogP contribution is -2.45. The Balaban J connectivity index is 1.58. The molecular formula is C17H19N5O2. The fourth-order valence-corrected chi connectivity index (χ4v) is 2.96. The molecule has 1 N–H and O–H groups in total. The minimum Gasteiger partial charge on any atom is -0.352 e. The van der Waals surface area contributed by atoms with E-state index < -0.39 is 6.04 Å². The molecule has 1 saturated carbocycles. The highest BCUT2D eigenvalue weighted by Gasteiger charge is 2.36. The Bertz CT molecular complexity index is 824. The van der Waals surface area contributed by atoms with Gasteiger partial charge in [-0.25, -0.2) is 4.98 Å². The number of pyridine rings is 1. The van der Waals surface area contributed by atoms with E-state index in [1.165, 1.54) is 0 Å².